The number of carbonyl (C=O) groups excluding carboxylic acids is 3. The SMILES string of the molecule is CCOC(=O)C1=C(CN2CCN(C(=O)OCC)CC2)NC(=O)N[C@@H]1CC. The summed E-state index contributed by atoms with van der Waals surface area (Å²) in [7, 11) is 0. The van der Waals surface area contributed by atoms with Crippen LogP contribution in [0.2, 0.25) is 0 Å². The summed E-state index contributed by atoms with van der Waals surface area (Å²) in [6.07, 6.45) is 0.293. The third-order valence-electron chi connectivity index (χ3n) is 4.43. The minimum atomic E-state index is -0.410. The van der Waals surface area contributed by atoms with E-state index in [9.17, 15) is 14.4 Å². The predicted octanol–water partition coefficient (Wildman–Crippen LogP) is 0.669. The number of nitrogens with one attached hydrogen (secondary N) is 2. The molecule has 0 aromatic heterocycles. The molecular formula is C17H28N4O5. The van der Waals surface area contributed by atoms with Crippen LogP contribution in [0.5, 0.6) is 0 Å². The van der Waals surface area contributed by atoms with E-state index in [2.05, 4.69) is 15.5 Å². The lowest BCUT2D eigenvalue weighted by Crippen LogP contribution is -2.54. The number of ether oxygens (including phenoxy) is 2. The van der Waals surface area contributed by atoms with Gasteiger partial charge in [0.05, 0.1) is 24.8 Å². The molecule has 9 nitrogen and oxygen atoms in total. The van der Waals surface area contributed by atoms with Crippen LogP contribution in [-0.2, 0) is 14.3 Å². The molecule has 2 aliphatic rings. The lowest BCUT2D eigenvalue weighted by atomic mass is 10.00. The van der Waals surface area contributed by atoms with Crippen molar-refractivity contribution in [2.24, 2.45) is 0 Å². The second-order valence-corrected chi connectivity index (χ2v) is 6.13. The van der Waals surface area contributed by atoms with Gasteiger partial charge in [0.15, 0.2) is 0 Å². The molecule has 3 amide bonds. The van der Waals surface area contributed by atoms with Crippen molar-refractivity contribution >= 4 is 18.1 Å². The summed E-state index contributed by atoms with van der Waals surface area (Å²) in [6.45, 7) is 8.86. The van der Waals surface area contributed by atoms with Crippen LogP contribution in [0, 0.1) is 0 Å². The van der Waals surface area contributed by atoms with Crippen LogP contribution < -0.4 is 10.6 Å². The number of hydrogen-bond acceptors (Lipinski definition) is 6. The van der Waals surface area contributed by atoms with Gasteiger partial charge in [-0.2, -0.15) is 0 Å². The number of esters is 1. The van der Waals surface area contributed by atoms with E-state index in [0.717, 1.165) is 0 Å². The van der Waals surface area contributed by atoms with Crippen LogP contribution in [0.25, 0.3) is 0 Å². The van der Waals surface area contributed by atoms with E-state index in [-0.39, 0.29) is 24.8 Å². The molecule has 0 saturated carbocycles. The molecular weight excluding hydrogens is 340 g/mol. The smallest absolute Gasteiger partial charge is 0.409 e. The molecule has 0 spiro atoms. The Bertz CT molecular complexity index is 570. The summed E-state index contributed by atoms with van der Waals surface area (Å²) in [4.78, 5) is 39.9. The fourth-order valence-electron chi connectivity index (χ4n) is 3.11. The van der Waals surface area contributed by atoms with E-state index in [1.807, 2.05) is 6.92 Å². The fourth-order valence-corrected chi connectivity index (χ4v) is 3.11. The Balaban J connectivity index is 2.08. The average molecular weight is 368 g/mol. The van der Waals surface area contributed by atoms with Crippen LogP contribution in [0.4, 0.5) is 9.59 Å². The normalized spacial score (nSPS) is 21.1. The summed E-state index contributed by atoms with van der Waals surface area (Å²) < 4.78 is 10.2. The van der Waals surface area contributed by atoms with Crippen molar-refractivity contribution in [3.8, 4) is 0 Å². The summed E-state index contributed by atoms with van der Waals surface area (Å²) in [5.74, 6) is -0.410. The zero-order valence-electron chi connectivity index (χ0n) is 15.7. The molecule has 0 unspecified atom stereocenters. The minimum absolute atomic E-state index is 0.276. The first-order valence-corrected chi connectivity index (χ1v) is 9.11. The number of hydrogen-bond donors (Lipinski definition) is 2. The number of nitrogens with zero attached hydrogens (tertiary/aromatic N) is 2. The molecule has 2 aliphatic heterocycles. The monoisotopic (exact) mass is 368 g/mol. The second-order valence-electron chi connectivity index (χ2n) is 6.13. The highest BCUT2D eigenvalue weighted by atomic mass is 16.6. The van der Waals surface area contributed by atoms with Crippen molar-refractivity contribution < 1.29 is 23.9 Å². The van der Waals surface area contributed by atoms with Crippen LogP contribution in [0.3, 0.4) is 0 Å². The van der Waals surface area contributed by atoms with Crippen molar-refractivity contribution in [2.45, 2.75) is 33.2 Å². The van der Waals surface area contributed by atoms with Gasteiger partial charge < -0.3 is 25.0 Å². The topological polar surface area (TPSA) is 100 Å². The Hall–Kier alpha value is -2.29. The fraction of sp³-hybridized carbons (Fsp3) is 0.706. The molecule has 9 heteroatoms. The quantitative estimate of drug-likeness (QED) is 0.669. The second kappa shape index (κ2) is 9.42. The summed E-state index contributed by atoms with van der Waals surface area (Å²) in [5, 5.41) is 5.52. The molecule has 1 fully saturated rings. The van der Waals surface area contributed by atoms with Gasteiger partial charge >= 0.3 is 18.1 Å². The molecule has 1 saturated heterocycles. The Morgan fingerprint density at radius 2 is 1.73 bits per heavy atom. The lowest BCUT2D eigenvalue weighted by molar-refractivity contribution is -0.139. The van der Waals surface area contributed by atoms with E-state index >= 15 is 0 Å². The highest BCUT2D eigenvalue weighted by Gasteiger charge is 2.33. The maximum absolute atomic E-state index is 12.4. The highest BCUT2D eigenvalue weighted by molar-refractivity contribution is 5.94. The molecule has 146 valence electrons. The van der Waals surface area contributed by atoms with Gasteiger partial charge in [-0.05, 0) is 20.3 Å². The van der Waals surface area contributed by atoms with Gasteiger partial charge in [-0.3, -0.25) is 4.90 Å². The van der Waals surface area contributed by atoms with Gasteiger partial charge in [0, 0.05) is 38.4 Å². The molecule has 2 rings (SSSR count). The number of carbonyl (C=O) groups is 3. The standard InChI is InChI=1S/C17H28N4O5/c1-4-12-14(15(22)25-5-2)13(19-16(23)18-12)11-20-7-9-21(10-8-20)17(24)26-6-3/h12H,4-11H2,1-3H3,(H2,18,19,23)/t12-/m1/s1. The van der Waals surface area contributed by atoms with Crippen molar-refractivity contribution in [3.63, 3.8) is 0 Å². The van der Waals surface area contributed by atoms with E-state index < -0.39 is 5.97 Å². The van der Waals surface area contributed by atoms with Crippen LogP contribution in [-0.4, -0.2) is 79.9 Å². The van der Waals surface area contributed by atoms with E-state index in [1.165, 1.54) is 0 Å². The Morgan fingerprint density at radius 3 is 2.31 bits per heavy atom. The van der Waals surface area contributed by atoms with Crippen molar-refractivity contribution in [2.75, 3.05) is 45.9 Å². The van der Waals surface area contributed by atoms with Gasteiger partial charge in [0.1, 0.15) is 0 Å². The first-order chi connectivity index (χ1) is 12.5. The molecule has 26 heavy (non-hydrogen) atoms. The third-order valence-corrected chi connectivity index (χ3v) is 4.43. The van der Waals surface area contributed by atoms with E-state index in [0.29, 0.717) is 57.0 Å². The Labute approximate surface area is 153 Å². The van der Waals surface area contributed by atoms with Gasteiger partial charge in [-0.15, -0.1) is 0 Å². The van der Waals surface area contributed by atoms with Crippen molar-refractivity contribution in [1.29, 1.82) is 0 Å². The van der Waals surface area contributed by atoms with Gasteiger partial charge in [-0.25, -0.2) is 14.4 Å². The lowest BCUT2D eigenvalue weighted by Gasteiger charge is -2.36. The van der Waals surface area contributed by atoms with Crippen LogP contribution >= 0.6 is 0 Å². The molecule has 1 atom stereocenters. The molecule has 0 bridgehead atoms. The molecule has 0 radical (unpaired) electrons. The Morgan fingerprint density at radius 1 is 1.08 bits per heavy atom. The summed E-state index contributed by atoms with van der Waals surface area (Å²) >= 11 is 0. The summed E-state index contributed by atoms with van der Waals surface area (Å²) in [6, 6.07) is -0.677. The van der Waals surface area contributed by atoms with Crippen LogP contribution in [0.1, 0.15) is 27.2 Å². The van der Waals surface area contributed by atoms with Gasteiger partial charge in [0.25, 0.3) is 0 Å². The van der Waals surface area contributed by atoms with Crippen molar-refractivity contribution in [1.82, 2.24) is 20.4 Å². The van der Waals surface area contributed by atoms with E-state index in [4.69, 9.17) is 9.47 Å². The highest BCUT2D eigenvalue weighted by Crippen LogP contribution is 2.18. The Kier molecular flexibility index (Phi) is 7.26. The zero-order chi connectivity index (χ0) is 19.1. The molecule has 0 aliphatic carbocycles. The van der Waals surface area contributed by atoms with E-state index in [1.54, 1.807) is 18.7 Å². The number of urea groups is 1. The first-order valence-electron chi connectivity index (χ1n) is 9.11. The average Bonchev–Trinajstić information content (AvgIpc) is 2.62. The van der Waals surface area contributed by atoms with Gasteiger partial charge in [0.2, 0.25) is 0 Å². The molecule has 2 N–H and O–H groups in total. The maximum atomic E-state index is 12.4. The number of piperazine rings is 1. The summed E-state index contributed by atoms with van der Waals surface area (Å²) in [5.41, 5.74) is 1.05. The van der Waals surface area contributed by atoms with Crippen molar-refractivity contribution in [3.05, 3.63) is 11.3 Å². The van der Waals surface area contributed by atoms with Crippen LogP contribution in [0.15, 0.2) is 11.3 Å². The maximum Gasteiger partial charge on any atom is 0.409 e. The number of rotatable bonds is 6. The zero-order valence-corrected chi connectivity index (χ0v) is 15.7. The largest absolute Gasteiger partial charge is 0.463 e. The molecule has 0 aromatic carbocycles. The first kappa shape index (κ1) is 20.0. The molecule has 2 heterocycles. The predicted molar refractivity (Wildman–Crippen MR) is 94.4 cm³/mol. The van der Waals surface area contributed by atoms with Gasteiger partial charge in [-0.1, -0.05) is 6.92 Å². The minimum Gasteiger partial charge on any atom is -0.463 e. The molecule has 0 aromatic rings. The third kappa shape index (κ3) is 4.87. The number of amides is 3.